The largest absolute Gasteiger partial charge is 0.459 e. The molecule has 1 aromatic carbocycles. The van der Waals surface area contributed by atoms with Gasteiger partial charge in [-0.05, 0) is 24.3 Å². The highest BCUT2D eigenvalue weighted by Gasteiger charge is 2.21. The molecule has 0 atom stereocenters. The van der Waals surface area contributed by atoms with Crippen LogP contribution in [0.25, 0.3) is 11.3 Å². The van der Waals surface area contributed by atoms with Crippen LogP contribution >= 0.6 is 23.4 Å². The molecule has 0 bridgehead atoms. The fourth-order valence-electron chi connectivity index (χ4n) is 2.17. The van der Waals surface area contributed by atoms with Crippen LogP contribution in [0, 0.1) is 11.5 Å². The Labute approximate surface area is 132 Å². The van der Waals surface area contributed by atoms with E-state index in [1.54, 1.807) is 11.8 Å². The zero-order chi connectivity index (χ0) is 14.7. The zero-order valence-electron chi connectivity index (χ0n) is 11.1. The number of aliphatic imine (C=N–C) groups is 1. The van der Waals surface area contributed by atoms with Gasteiger partial charge in [0.1, 0.15) is 11.5 Å². The van der Waals surface area contributed by atoms with E-state index in [4.69, 9.17) is 21.3 Å². The van der Waals surface area contributed by atoms with Crippen LogP contribution < -0.4 is 0 Å². The first-order valence-electron chi connectivity index (χ1n) is 6.45. The maximum Gasteiger partial charge on any atom is 0.208 e. The Hall–Kier alpha value is -1.90. The van der Waals surface area contributed by atoms with Crippen molar-refractivity contribution in [2.24, 2.45) is 4.99 Å². The van der Waals surface area contributed by atoms with Crippen molar-refractivity contribution in [1.29, 1.82) is 5.26 Å². The van der Waals surface area contributed by atoms with Crippen LogP contribution in [0.15, 0.2) is 45.8 Å². The molecule has 4 nitrogen and oxygen atoms in total. The third-order valence-electron chi connectivity index (χ3n) is 3.13. The Morgan fingerprint density at radius 2 is 2.29 bits per heavy atom. The number of furan rings is 1. The average Bonchev–Trinajstić information content (AvgIpc) is 3.10. The molecule has 0 unspecified atom stereocenters. The fraction of sp³-hybridized carbons (Fsp3) is 0.200. The van der Waals surface area contributed by atoms with Gasteiger partial charge in [0.15, 0.2) is 5.17 Å². The van der Waals surface area contributed by atoms with Crippen molar-refractivity contribution in [3.05, 3.63) is 47.2 Å². The van der Waals surface area contributed by atoms with Gasteiger partial charge in [-0.25, -0.2) is 0 Å². The topological polar surface area (TPSA) is 52.5 Å². The van der Waals surface area contributed by atoms with Gasteiger partial charge in [0.05, 0.1) is 6.54 Å². The molecule has 0 spiro atoms. The lowest BCUT2D eigenvalue weighted by Crippen LogP contribution is -2.23. The number of nitriles is 1. The smallest absolute Gasteiger partial charge is 0.208 e. The molecule has 2 heterocycles. The molecule has 21 heavy (non-hydrogen) atoms. The number of amidine groups is 1. The molecule has 1 saturated heterocycles. The lowest BCUT2D eigenvalue weighted by atomic mass is 10.2. The van der Waals surface area contributed by atoms with Gasteiger partial charge in [0.25, 0.3) is 0 Å². The summed E-state index contributed by atoms with van der Waals surface area (Å²) in [6, 6.07) is 11.4. The average molecular weight is 318 g/mol. The van der Waals surface area contributed by atoms with Crippen LogP contribution in [-0.2, 0) is 6.54 Å². The molecule has 0 radical (unpaired) electrons. The van der Waals surface area contributed by atoms with Crippen LogP contribution in [0.4, 0.5) is 0 Å². The second kappa shape index (κ2) is 6.25. The molecule has 2 aromatic rings. The van der Waals surface area contributed by atoms with Gasteiger partial charge in [-0.2, -0.15) is 5.26 Å². The van der Waals surface area contributed by atoms with Crippen molar-refractivity contribution in [2.75, 3.05) is 12.3 Å². The molecule has 1 fully saturated rings. The van der Waals surface area contributed by atoms with Crippen molar-refractivity contribution >= 4 is 28.5 Å². The van der Waals surface area contributed by atoms with Gasteiger partial charge < -0.3 is 9.32 Å². The Morgan fingerprint density at radius 3 is 3.10 bits per heavy atom. The van der Waals surface area contributed by atoms with Gasteiger partial charge in [-0.15, -0.1) is 4.99 Å². The number of thioether (sulfide) groups is 1. The van der Waals surface area contributed by atoms with E-state index in [0.717, 1.165) is 34.5 Å². The van der Waals surface area contributed by atoms with E-state index in [0.29, 0.717) is 11.6 Å². The van der Waals surface area contributed by atoms with Gasteiger partial charge >= 0.3 is 0 Å². The van der Waals surface area contributed by atoms with Gasteiger partial charge in [-0.3, -0.25) is 0 Å². The SMILES string of the molecule is N#CN=C1SCCN1Cc1ccc(-c2cccc(Cl)c2)o1. The minimum atomic E-state index is 0.619. The van der Waals surface area contributed by atoms with E-state index in [-0.39, 0.29) is 0 Å². The number of benzene rings is 1. The molecule has 1 aliphatic rings. The first-order chi connectivity index (χ1) is 10.3. The Bertz CT molecular complexity index is 720. The van der Waals surface area contributed by atoms with Crippen LogP contribution in [0.1, 0.15) is 5.76 Å². The minimum Gasteiger partial charge on any atom is -0.459 e. The summed E-state index contributed by atoms with van der Waals surface area (Å²) in [5, 5.41) is 10.1. The molecule has 0 aliphatic carbocycles. The number of nitrogens with zero attached hydrogens (tertiary/aromatic N) is 3. The van der Waals surface area contributed by atoms with Gasteiger partial charge in [0.2, 0.25) is 6.19 Å². The van der Waals surface area contributed by atoms with E-state index < -0.39 is 0 Å². The number of halogens is 1. The normalized spacial score (nSPS) is 16.4. The molecule has 0 N–H and O–H groups in total. The van der Waals surface area contributed by atoms with Crippen molar-refractivity contribution in [3.8, 4) is 17.5 Å². The number of hydrogen-bond acceptors (Lipinski definition) is 4. The zero-order valence-corrected chi connectivity index (χ0v) is 12.7. The molecule has 106 valence electrons. The van der Waals surface area contributed by atoms with Gasteiger partial charge in [0, 0.05) is 22.9 Å². The van der Waals surface area contributed by atoms with E-state index in [9.17, 15) is 0 Å². The molecular weight excluding hydrogens is 306 g/mol. The summed E-state index contributed by atoms with van der Waals surface area (Å²) in [5.74, 6) is 2.58. The number of rotatable bonds is 3. The molecule has 3 rings (SSSR count). The molecular formula is C15H12ClN3OS. The maximum atomic E-state index is 8.68. The maximum absolute atomic E-state index is 8.68. The predicted molar refractivity (Wildman–Crippen MR) is 85.1 cm³/mol. The van der Waals surface area contributed by atoms with Gasteiger partial charge in [-0.1, -0.05) is 35.5 Å². The summed E-state index contributed by atoms with van der Waals surface area (Å²) in [6.45, 7) is 1.49. The van der Waals surface area contributed by atoms with Crippen molar-refractivity contribution in [3.63, 3.8) is 0 Å². The van der Waals surface area contributed by atoms with E-state index in [1.165, 1.54) is 0 Å². The lowest BCUT2D eigenvalue weighted by Gasteiger charge is -2.14. The quantitative estimate of drug-likeness (QED) is 0.803. The lowest BCUT2D eigenvalue weighted by molar-refractivity contribution is 0.392. The summed E-state index contributed by atoms with van der Waals surface area (Å²) in [4.78, 5) is 5.88. The fourth-order valence-corrected chi connectivity index (χ4v) is 3.30. The van der Waals surface area contributed by atoms with E-state index >= 15 is 0 Å². The van der Waals surface area contributed by atoms with Crippen molar-refractivity contribution in [2.45, 2.75) is 6.54 Å². The Morgan fingerprint density at radius 1 is 1.38 bits per heavy atom. The first kappa shape index (κ1) is 14.1. The highest BCUT2D eigenvalue weighted by molar-refractivity contribution is 8.14. The predicted octanol–water partition coefficient (Wildman–Crippen LogP) is 3.99. The van der Waals surface area contributed by atoms with Crippen LogP contribution in [0.5, 0.6) is 0 Å². The van der Waals surface area contributed by atoms with Crippen molar-refractivity contribution < 1.29 is 4.42 Å². The summed E-state index contributed by atoms with van der Waals surface area (Å²) in [6.07, 6.45) is 1.84. The summed E-state index contributed by atoms with van der Waals surface area (Å²) < 4.78 is 5.87. The molecule has 0 saturated carbocycles. The second-order valence-electron chi connectivity index (χ2n) is 4.54. The summed E-state index contributed by atoms with van der Waals surface area (Å²) in [7, 11) is 0. The third-order valence-corrected chi connectivity index (χ3v) is 4.36. The van der Waals surface area contributed by atoms with E-state index in [2.05, 4.69) is 9.89 Å². The standard InChI is InChI=1S/C15H12ClN3OS/c16-12-3-1-2-11(8-12)14-5-4-13(20-14)9-19-6-7-21-15(19)18-10-17/h1-5,8H,6-7,9H2. The summed E-state index contributed by atoms with van der Waals surface area (Å²) in [5.41, 5.74) is 0.954. The molecule has 0 amide bonds. The second-order valence-corrected chi connectivity index (χ2v) is 6.04. The van der Waals surface area contributed by atoms with Crippen LogP contribution in [0.3, 0.4) is 0 Å². The minimum absolute atomic E-state index is 0.619. The Kier molecular flexibility index (Phi) is 4.18. The third kappa shape index (κ3) is 3.23. The molecule has 1 aliphatic heterocycles. The highest BCUT2D eigenvalue weighted by atomic mass is 35.5. The highest BCUT2D eigenvalue weighted by Crippen LogP contribution is 2.27. The van der Waals surface area contributed by atoms with Crippen LogP contribution in [0.2, 0.25) is 5.02 Å². The number of hydrogen-bond donors (Lipinski definition) is 0. The summed E-state index contributed by atoms with van der Waals surface area (Å²) >= 11 is 7.59. The van der Waals surface area contributed by atoms with Crippen molar-refractivity contribution in [1.82, 2.24) is 4.90 Å². The molecule has 6 heteroatoms. The Balaban J connectivity index is 1.77. The van der Waals surface area contributed by atoms with E-state index in [1.807, 2.05) is 42.6 Å². The molecule has 1 aromatic heterocycles. The first-order valence-corrected chi connectivity index (χ1v) is 7.82. The van der Waals surface area contributed by atoms with Crippen LogP contribution in [-0.4, -0.2) is 22.4 Å². The monoisotopic (exact) mass is 317 g/mol.